The molecule has 0 fully saturated rings. The summed E-state index contributed by atoms with van der Waals surface area (Å²) in [6.07, 6.45) is 1.00. The van der Waals surface area contributed by atoms with E-state index in [0.29, 0.717) is 0 Å². The Kier molecular flexibility index (Phi) is 3.98. The van der Waals surface area contributed by atoms with Gasteiger partial charge in [0.05, 0.1) is 11.4 Å². The van der Waals surface area contributed by atoms with Crippen LogP contribution < -0.4 is 5.32 Å². The fourth-order valence-electron chi connectivity index (χ4n) is 2.44. The van der Waals surface area contributed by atoms with Gasteiger partial charge in [-0.1, -0.05) is 19.1 Å². The fourth-order valence-corrected chi connectivity index (χ4v) is 3.46. The number of aromatic nitrogens is 2. The Hall–Kier alpha value is -2.14. The van der Waals surface area contributed by atoms with Crippen LogP contribution in [0, 0.1) is 6.92 Å². The smallest absolute Gasteiger partial charge is 0.138 e. The van der Waals surface area contributed by atoms with E-state index in [1.165, 1.54) is 4.88 Å². The molecule has 114 valence electrons. The van der Waals surface area contributed by atoms with Crippen LogP contribution in [-0.4, -0.2) is 15.1 Å². The highest BCUT2D eigenvalue weighted by atomic mass is 32.1. The Balaban J connectivity index is 1.97. The molecule has 0 aliphatic carbocycles. The molecule has 0 aliphatic rings. The maximum Gasteiger partial charge on any atom is 0.138 e. The van der Waals surface area contributed by atoms with E-state index >= 15 is 0 Å². The normalized spacial score (nSPS) is 12.5. The molecule has 1 aromatic carbocycles. The summed E-state index contributed by atoms with van der Waals surface area (Å²) in [6, 6.07) is 9.51. The second-order valence-electron chi connectivity index (χ2n) is 5.37. The minimum Gasteiger partial charge on any atom is -0.508 e. The highest BCUT2D eigenvalue weighted by Gasteiger charge is 2.13. The van der Waals surface area contributed by atoms with Crippen molar-refractivity contribution in [3.8, 4) is 5.75 Å². The third kappa shape index (κ3) is 2.90. The van der Waals surface area contributed by atoms with Gasteiger partial charge in [-0.3, -0.25) is 0 Å². The summed E-state index contributed by atoms with van der Waals surface area (Å²) in [5, 5.41) is 14.1. The number of aryl methyl sites for hydroxylation is 2. The van der Waals surface area contributed by atoms with Crippen LogP contribution in [0.4, 0.5) is 5.82 Å². The largest absolute Gasteiger partial charge is 0.508 e. The Morgan fingerprint density at radius 1 is 1.27 bits per heavy atom. The minimum absolute atomic E-state index is 0.0505. The van der Waals surface area contributed by atoms with Gasteiger partial charge in [0.2, 0.25) is 0 Å². The number of nitrogens with one attached hydrogen (secondary N) is 1. The molecule has 2 heterocycles. The van der Waals surface area contributed by atoms with E-state index in [2.05, 4.69) is 35.2 Å². The number of nitrogens with zero attached hydrogens (tertiary/aromatic N) is 2. The Morgan fingerprint density at radius 3 is 2.82 bits per heavy atom. The number of anilines is 1. The SMILES string of the molecule is CCc1cc2c(NC(C)c3cccc(O)c3)nc(C)nc2s1. The average molecular weight is 313 g/mol. The predicted molar refractivity (Wildman–Crippen MR) is 91.7 cm³/mol. The third-order valence-corrected chi connectivity index (χ3v) is 4.80. The quantitative estimate of drug-likeness (QED) is 0.747. The van der Waals surface area contributed by atoms with Crippen LogP contribution in [-0.2, 0) is 6.42 Å². The summed E-state index contributed by atoms with van der Waals surface area (Å²) < 4.78 is 0. The summed E-state index contributed by atoms with van der Waals surface area (Å²) in [6.45, 7) is 6.12. The Bertz CT molecular complexity index is 813. The van der Waals surface area contributed by atoms with Gasteiger partial charge in [-0.25, -0.2) is 9.97 Å². The molecular weight excluding hydrogens is 294 g/mol. The highest BCUT2D eigenvalue weighted by molar-refractivity contribution is 7.18. The van der Waals surface area contributed by atoms with Gasteiger partial charge >= 0.3 is 0 Å². The van der Waals surface area contributed by atoms with Crippen LogP contribution >= 0.6 is 11.3 Å². The Labute approximate surface area is 133 Å². The average Bonchev–Trinajstić information content (AvgIpc) is 2.90. The van der Waals surface area contributed by atoms with Crippen molar-refractivity contribution in [2.75, 3.05) is 5.32 Å². The van der Waals surface area contributed by atoms with Gasteiger partial charge < -0.3 is 10.4 Å². The van der Waals surface area contributed by atoms with Crippen molar-refractivity contribution in [3.05, 3.63) is 46.6 Å². The van der Waals surface area contributed by atoms with Crippen molar-refractivity contribution in [1.82, 2.24) is 9.97 Å². The van der Waals surface area contributed by atoms with Crippen LogP contribution in [0.25, 0.3) is 10.2 Å². The van der Waals surface area contributed by atoms with Crippen LogP contribution in [0.3, 0.4) is 0 Å². The summed E-state index contributed by atoms with van der Waals surface area (Å²) in [5.41, 5.74) is 1.02. The highest BCUT2D eigenvalue weighted by Crippen LogP contribution is 2.31. The molecule has 4 nitrogen and oxygen atoms in total. The van der Waals surface area contributed by atoms with Gasteiger partial charge in [-0.15, -0.1) is 11.3 Å². The van der Waals surface area contributed by atoms with Crippen molar-refractivity contribution in [2.24, 2.45) is 0 Å². The number of phenolic OH excluding ortho intramolecular Hbond substituents is 1. The molecule has 0 saturated carbocycles. The molecule has 0 saturated heterocycles. The number of phenols is 1. The first kappa shape index (κ1) is 14.8. The number of hydrogen-bond donors (Lipinski definition) is 2. The molecule has 0 amide bonds. The van der Waals surface area contributed by atoms with Crippen LogP contribution in [0.2, 0.25) is 0 Å². The maximum absolute atomic E-state index is 9.63. The molecule has 2 N–H and O–H groups in total. The van der Waals surface area contributed by atoms with E-state index in [-0.39, 0.29) is 11.8 Å². The number of aromatic hydroxyl groups is 1. The Morgan fingerprint density at radius 2 is 2.09 bits per heavy atom. The zero-order valence-corrected chi connectivity index (χ0v) is 13.7. The number of thiophene rings is 1. The number of hydrogen-bond acceptors (Lipinski definition) is 5. The molecule has 0 aliphatic heterocycles. The van der Waals surface area contributed by atoms with E-state index < -0.39 is 0 Å². The summed E-state index contributed by atoms with van der Waals surface area (Å²) in [7, 11) is 0. The van der Waals surface area contributed by atoms with E-state index in [1.54, 1.807) is 23.5 Å². The maximum atomic E-state index is 9.63. The van der Waals surface area contributed by atoms with E-state index in [1.807, 2.05) is 19.1 Å². The lowest BCUT2D eigenvalue weighted by Gasteiger charge is -2.16. The topological polar surface area (TPSA) is 58.0 Å². The van der Waals surface area contributed by atoms with Crippen molar-refractivity contribution in [2.45, 2.75) is 33.2 Å². The van der Waals surface area contributed by atoms with Gasteiger partial charge in [0.25, 0.3) is 0 Å². The van der Waals surface area contributed by atoms with E-state index in [4.69, 9.17) is 0 Å². The standard InChI is InChI=1S/C17H19N3OS/c1-4-14-9-15-16(19-11(3)20-17(15)22-14)18-10(2)12-6-5-7-13(21)8-12/h5-10,21H,4H2,1-3H3,(H,18,19,20). The van der Waals surface area contributed by atoms with Gasteiger partial charge in [0.1, 0.15) is 22.2 Å². The zero-order chi connectivity index (χ0) is 15.7. The second kappa shape index (κ2) is 5.93. The predicted octanol–water partition coefficient (Wildman–Crippen LogP) is 4.44. The van der Waals surface area contributed by atoms with Gasteiger partial charge in [0.15, 0.2) is 0 Å². The molecule has 0 spiro atoms. The molecule has 5 heteroatoms. The summed E-state index contributed by atoms with van der Waals surface area (Å²) >= 11 is 1.72. The number of benzene rings is 1. The second-order valence-corrected chi connectivity index (χ2v) is 6.48. The van der Waals surface area contributed by atoms with Crippen LogP contribution in [0.15, 0.2) is 30.3 Å². The molecule has 3 aromatic rings. The molecule has 1 unspecified atom stereocenters. The number of fused-ring (bicyclic) bond motifs is 1. The van der Waals surface area contributed by atoms with Crippen molar-refractivity contribution < 1.29 is 5.11 Å². The molecule has 1 atom stereocenters. The summed E-state index contributed by atoms with van der Waals surface area (Å²) in [5.74, 6) is 1.90. The van der Waals surface area contributed by atoms with E-state index in [9.17, 15) is 5.11 Å². The minimum atomic E-state index is 0.0505. The molecule has 2 aromatic heterocycles. The van der Waals surface area contributed by atoms with Crippen molar-refractivity contribution >= 4 is 27.4 Å². The van der Waals surface area contributed by atoms with Gasteiger partial charge in [-0.2, -0.15) is 0 Å². The van der Waals surface area contributed by atoms with Crippen molar-refractivity contribution in [3.63, 3.8) is 0 Å². The van der Waals surface area contributed by atoms with Crippen molar-refractivity contribution in [1.29, 1.82) is 0 Å². The molecule has 0 bridgehead atoms. The summed E-state index contributed by atoms with van der Waals surface area (Å²) in [4.78, 5) is 11.4. The molecule has 3 rings (SSSR count). The third-order valence-electron chi connectivity index (χ3n) is 3.63. The monoisotopic (exact) mass is 313 g/mol. The lowest BCUT2D eigenvalue weighted by Crippen LogP contribution is -2.09. The molecular formula is C17H19N3OS. The first-order valence-electron chi connectivity index (χ1n) is 7.39. The van der Waals surface area contributed by atoms with Crippen LogP contribution in [0.1, 0.15) is 36.2 Å². The molecule has 0 radical (unpaired) electrons. The number of rotatable bonds is 4. The first-order valence-corrected chi connectivity index (χ1v) is 8.21. The molecule has 22 heavy (non-hydrogen) atoms. The van der Waals surface area contributed by atoms with E-state index in [0.717, 1.165) is 33.8 Å². The van der Waals surface area contributed by atoms with Crippen LogP contribution in [0.5, 0.6) is 5.75 Å². The first-order chi connectivity index (χ1) is 10.6. The van der Waals surface area contributed by atoms with Gasteiger partial charge in [-0.05, 0) is 44.0 Å². The lowest BCUT2D eigenvalue weighted by atomic mass is 10.1. The fraction of sp³-hybridized carbons (Fsp3) is 0.294. The zero-order valence-electron chi connectivity index (χ0n) is 12.9. The lowest BCUT2D eigenvalue weighted by molar-refractivity contribution is 0.474. The van der Waals surface area contributed by atoms with Gasteiger partial charge in [0, 0.05) is 4.88 Å².